The van der Waals surface area contributed by atoms with Crippen LogP contribution >= 0.6 is 0 Å². The van der Waals surface area contributed by atoms with E-state index in [4.69, 9.17) is 18.9 Å². The number of hydrogen-bond acceptors (Lipinski definition) is 6. The van der Waals surface area contributed by atoms with Crippen molar-refractivity contribution in [2.24, 2.45) is 4.99 Å². The lowest BCUT2D eigenvalue weighted by Gasteiger charge is -2.13. The Balaban J connectivity index is 1.87. The number of nitrogens with zero attached hydrogens (tertiary/aromatic N) is 1. The van der Waals surface area contributed by atoms with Gasteiger partial charge in [-0.2, -0.15) is 0 Å². The standard InChI is InChI=1S/C21H21NO5/c1-13(2)26-18-10-5-14(12-19(18)25-4)11-17-21(23)27-20(22-17)15-6-8-16(24-3)9-7-15/h5-13H,1-4H3. The van der Waals surface area contributed by atoms with Gasteiger partial charge < -0.3 is 18.9 Å². The number of rotatable bonds is 6. The maximum atomic E-state index is 12.2. The van der Waals surface area contributed by atoms with Gasteiger partial charge in [-0.25, -0.2) is 9.79 Å². The second kappa shape index (κ2) is 7.95. The molecule has 0 aliphatic carbocycles. The summed E-state index contributed by atoms with van der Waals surface area (Å²) in [5.41, 5.74) is 1.68. The first kappa shape index (κ1) is 18.5. The molecular weight excluding hydrogens is 346 g/mol. The first-order valence-corrected chi connectivity index (χ1v) is 8.52. The van der Waals surface area contributed by atoms with Crippen LogP contribution in [0.5, 0.6) is 17.2 Å². The highest BCUT2D eigenvalue weighted by Crippen LogP contribution is 2.30. The fraction of sp³-hybridized carbons (Fsp3) is 0.238. The lowest BCUT2D eigenvalue weighted by atomic mass is 10.1. The number of cyclic esters (lactones) is 1. The van der Waals surface area contributed by atoms with E-state index in [-0.39, 0.29) is 17.7 Å². The molecule has 3 rings (SSSR count). The number of esters is 1. The van der Waals surface area contributed by atoms with Crippen LogP contribution in [-0.4, -0.2) is 32.2 Å². The van der Waals surface area contributed by atoms with Gasteiger partial charge in [-0.15, -0.1) is 0 Å². The lowest BCUT2D eigenvalue weighted by molar-refractivity contribution is -0.129. The fourth-order valence-electron chi connectivity index (χ4n) is 2.55. The molecular formula is C21H21NO5. The van der Waals surface area contributed by atoms with E-state index in [1.165, 1.54) is 0 Å². The first-order valence-electron chi connectivity index (χ1n) is 8.52. The van der Waals surface area contributed by atoms with E-state index in [1.807, 2.05) is 19.9 Å². The number of aliphatic imine (C=N–C) groups is 1. The Bertz CT molecular complexity index is 897. The molecule has 27 heavy (non-hydrogen) atoms. The van der Waals surface area contributed by atoms with Crippen LogP contribution in [0.3, 0.4) is 0 Å². The van der Waals surface area contributed by atoms with Crippen molar-refractivity contribution in [1.29, 1.82) is 0 Å². The van der Waals surface area contributed by atoms with Gasteiger partial charge in [-0.05, 0) is 61.9 Å². The molecule has 6 nitrogen and oxygen atoms in total. The third-order valence-electron chi connectivity index (χ3n) is 3.81. The molecule has 0 aromatic heterocycles. The third kappa shape index (κ3) is 4.28. The van der Waals surface area contributed by atoms with Crippen LogP contribution in [0, 0.1) is 0 Å². The fourth-order valence-corrected chi connectivity index (χ4v) is 2.55. The van der Waals surface area contributed by atoms with Crippen LogP contribution in [0.15, 0.2) is 53.2 Å². The maximum Gasteiger partial charge on any atom is 0.363 e. The molecule has 1 heterocycles. The molecule has 2 aromatic rings. The number of ether oxygens (including phenoxy) is 4. The average molecular weight is 367 g/mol. The summed E-state index contributed by atoms with van der Waals surface area (Å²) in [7, 11) is 3.16. The quantitative estimate of drug-likeness (QED) is 0.573. The molecule has 0 N–H and O–H groups in total. The van der Waals surface area contributed by atoms with Crippen LogP contribution < -0.4 is 14.2 Å². The van der Waals surface area contributed by atoms with Gasteiger partial charge in [0.05, 0.1) is 20.3 Å². The maximum absolute atomic E-state index is 12.2. The van der Waals surface area contributed by atoms with Gasteiger partial charge in [0.1, 0.15) is 5.75 Å². The number of benzene rings is 2. The topological polar surface area (TPSA) is 66.3 Å². The van der Waals surface area contributed by atoms with E-state index in [9.17, 15) is 4.79 Å². The minimum atomic E-state index is -0.498. The molecule has 0 radical (unpaired) electrons. The van der Waals surface area contributed by atoms with Gasteiger partial charge in [-0.1, -0.05) is 6.07 Å². The zero-order valence-corrected chi connectivity index (χ0v) is 15.7. The minimum absolute atomic E-state index is 0.0320. The zero-order valence-electron chi connectivity index (χ0n) is 15.7. The van der Waals surface area contributed by atoms with E-state index in [1.54, 1.807) is 56.7 Å². The normalized spacial score (nSPS) is 14.9. The van der Waals surface area contributed by atoms with Crippen molar-refractivity contribution >= 4 is 17.9 Å². The number of hydrogen-bond donors (Lipinski definition) is 0. The monoisotopic (exact) mass is 367 g/mol. The van der Waals surface area contributed by atoms with Gasteiger partial charge in [-0.3, -0.25) is 0 Å². The summed E-state index contributed by atoms with van der Waals surface area (Å²) in [6.07, 6.45) is 1.69. The van der Waals surface area contributed by atoms with Crippen molar-refractivity contribution in [3.63, 3.8) is 0 Å². The van der Waals surface area contributed by atoms with Crippen molar-refractivity contribution in [3.8, 4) is 17.2 Å². The first-order chi connectivity index (χ1) is 13.0. The average Bonchev–Trinajstić information content (AvgIpc) is 3.03. The van der Waals surface area contributed by atoms with Crippen LogP contribution in [0.1, 0.15) is 25.0 Å². The van der Waals surface area contributed by atoms with E-state index in [2.05, 4.69) is 4.99 Å². The third-order valence-corrected chi connectivity index (χ3v) is 3.81. The zero-order chi connectivity index (χ0) is 19.4. The van der Waals surface area contributed by atoms with Gasteiger partial charge in [0.15, 0.2) is 17.2 Å². The van der Waals surface area contributed by atoms with Gasteiger partial charge in [0, 0.05) is 5.56 Å². The molecule has 0 unspecified atom stereocenters. The summed E-state index contributed by atoms with van der Waals surface area (Å²) in [5.74, 6) is 1.72. The number of carbonyl (C=O) groups excluding carboxylic acids is 1. The molecule has 1 aliphatic heterocycles. The van der Waals surface area contributed by atoms with Gasteiger partial charge in [0.2, 0.25) is 5.90 Å². The summed E-state index contributed by atoms with van der Waals surface area (Å²) in [6.45, 7) is 3.89. The Morgan fingerprint density at radius 2 is 1.74 bits per heavy atom. The van der Waals surface area contributed by atoms with Crippen LogP contribution in [0.25, 0.3) is 6.08 Å². The lowest BCUT2D eigenvalue weighted by Crippen LogP contribution is -2.06. The van der Waals surface area contributed by atoms with E-state index in [0.29, 0.717) is 17.1 Å². The van der Waals surface area contributed by atoms with Crippen molar-refractivity contribution in [1.82, 2.24) is 0 Å². The van der Waals surface area contributed by atoms with Crippen molar-refractivity contribution < 1.29 is 23.7 Å². The van der Waals surface area contributed by atoms with Gasteiger partial charge >= 0.3 is 5.97 Å². The van der Waals surface area contributed by atoms with E-state index < -0.39 is 5.97 Å². The van der Waals surface area contributed by atoms with Crippen molar-refractivity contribution in [2.75, 3.05) is 14.2 Å². The van der Waals surface area contributed by atoms with Crippen LogP contribution in [-0.2, 0) is 9.53 Å². The molecule has 0 saturated heterocycles. The summed E-state index contributed by atoms with van der Waals surface area (Å²) in [5, 5.41) is 0. The predicted octanol–water partition coefficient (Wildman–Crippen LogP) is 3.84. The molecule has 0 amide bonds. The molecule has 0 saturated carbocycles. The molecule has 6 heteroatoms. The Morgan fingerprint density at radius 3 is 2.37 bits per heavy atom. The Morgan fingerprint density at radius 1 is 1.00 bits per heavy atom. The highest BCUT2D eigenvalue weighted by Gasteiger charge is 2.24. The second-order valence-corrected chi connectivity index (χ2v) is 6.14. The number of carbonyl (C=O) groups is 1. The largest absolute Gasteiger partial charge is 0.497 e. The molecule has 0 bridgehead atoms. The van der Waals surface area contributed by atoms with Crippen molar-refractivity contribution in [2.45, 2.75) is 20.0 Å². The smallest absolute Gasteiger partial charge is 0.363 e. The van der Waals surface area contributed by atoms with E-state index >= 15 is 0 Å². The SMILES string of the molecule is COc1ccc(C2=NC(=Cc3ccc(OC(C)C)c(OC)c3)C(=O)O2)cc1. The summed E-state index contributed by atoms with van der Waals surface area (Å²) >= 11 is 0. The summed E-state index contributed by atoms with van der Waals surface area (Å²) < 4.78 is 21.5. The molecule has 0 fully saturated rings. The van der Waals surface area contributed by atoms with Crippen molar-refractivity contribution in [3.05, 3.63) is 59.3 Å². The van der Waals surface area contributed by atoms with Crippen LogP contribution in [0.4, 0.5) is 0 Å². The Hall–Kier alpha value is -3.28. The minimum Gasteiger partial charge on any atom is -0.497 e. The van der Waals surface area contributed by atoms with Gasteiger partial charge in [0.25, 0.3) is 0 Å². The highest BCUT2D eigenvalue weighted by atomic mass is 16.6. The number of methoxy groups -OCH3 is 2. The predicted molar refractivity (Wildman–Crippen MR) is 102 cm³/mol. The Labute approximate surface area is 158 Å². The molecule has 2 aromatic carbocycles. The molecule has 140 valence electrons. The molecule has 0 atom stereocenters. The van der Waals surface area contributed by atoms with Crippen LogP contribution in [0.2, 0.25) is 0 Å². The Kier molecular flexibility index (Phi) is 5.45. The molecule has 0 spiro atoms. The summed E-state index contributed by atoms with van der Waals surface area (Å²) in [4.78, 5) is 16.5. The summed E-state index contributed by atoms with van der Waals surface area (Å²) in [6, 6.07) is 12.6. The molecule has 1 aliphatic rings. The second-order valence-electron chi connectivity index (χ2n) is 6.14. The van der Waals surface area contributed by atoms with E-state index in [0.717, 1.165) is 11.3 Å². The highest BCUT2D eigenvalue weighted by molar-refractivity contribution is 6.12.